The number of nitrogens with two attached hydrogens (primary N) is 1. The Bertz CT molecular complexity index is 307. The molecule has 2 heteroatoms. The van der Waals surface area contributed by atoms with Crippen molar-refractivity contribution in [3.8, 4) is 0 Å². The Hall–Kier alpha value is -0.860. The number of benzene rings is 1. The van der Waals surface area contributed by atoms with E-state index >= 15 is 0 Å². The average Bonchev–Trinajstić information content (AvgIpc) is 2.17. The van der Waals surface area contributed by atoms with Crippen molar-refractivity contribution in [2.24, 2.45) is 5.73 Å². The molecule has 0 saturated heterocycles. The van der Waals surface area contributed by atoms with Gasteiger partial charge in [-0.1, -0.05) is 24.3 Å². The van der Waals surface area contributed by atoms with Gasteiger partial charge in [0.1, 0.15) is 0 Å². The van der Waals surface area contributed by atoms with Crippen molar-refractivity contribution in [1.82, 2.24) is 4.90 Å². The highest BCUT2D eigenvalue weighted by molar-refractivity contribution is 5.29. The zero-order valence-electron chi connectivity index (χ0n) is 8.74. The summed E-state index contributed by atoms with van der Waals surface area (Å²) in [5.74, 6) is 0. The van der Waals surface area contributed by atoms with E-state index in [0.717, 1.165) is 19.6 Å². The van der Waals surface area contributed by atoms with Crippen LogP contribution in [0.2, 0.25) is 0 Å². The molecule has 2 N–H and O–H groups in total. The summed E-state index contributed by atoms with van der Waals surface area (Å²) in [6, 6.07) is 8.98. The molecule has 14 heavy (non-hydrogen) atoms. The average molecular weight is 190 g/mol. The fourth-order valence-corrected chi connectivity index (χ4v) is 2.12. The van der Waals surface area contributed by atoms with E-state index in [-0.39, 0.29) is 6.04 Å². The summed E-state index contributed by atoms with van der Waals surface area (Å²) in [4.78, 5) is 2.44. The smallest absolute Gasteiger partial charge is 0.0237 e. The molecule has 0 fully saturated rings. The van der Waals surface area contributed by atoms with E-state index in [9.17, 15) is 0 Å². The van der Waals surface area contributed by atoms with E-state index in [0.29, 0.717) is 0 Å². The van der Waals surface area contributed by atoms with Crippen molar-refractivity contribution >= 4 is 0 Å². The minimum atomic E-state index is 0.278. The van der Waals surface area contributed by atoms with Gasteiger partial charge in [0.15, 0.2) is 0 Å². The largest absolute Gasteiger partial charge is 0.327 e. The summed E-state index contributed by atoms with van der Waals surface area (Å²) in [7, 11) is 0. The summed E-state index contributed by atoms with van der Waals surface area (Å²) >= 11 is 0. The summed E-state index contributed by atoms with van der Waals surface area (Å²) in [6.45, 7) is 5.30. The Morgan fingerprint density at radius 2 is 2.07 bits per heavy atom. The van der Waals surface area contributed by atoms with Gasteiger partial charge in [0, 0.05) is 25.7 Å². The van der Waals surface area contributed by atoms with Crippen molar-refractivity contribution in [3.05, 3.63) is 35.4 Å². The third-order valence-corrected chi connectivity index (χ3v) is 2.76. The fraction of sp³-hybridized carbons (Fsp3) is 0.500. The molecule has 76 valence electrons. The van der Waals surface area contributed by atoms with Crippen LogP contribution in [0.1, 0.15) is 18.1 Å². The molecule has 0 unspecified atom stereocenters. The first-order chi connectivity index (χ1) is 6.75. The topological polar surface area (TPSA) is 29.3 Å². The second-order valence-corrected chi connectivity index (χ2v) is 4.23. The van der Waals surface area contributed by atoms with Crippen molar-refractivity contribution in [2.45, 2.75) is 25.9 Å². The molecule has 0 bridgehead atoms. The van der Waals surface area contributed by atoms with Gasteiger partial charge in [0.2, 0.25) is 0 Å². The van der Waals surface area contributed by atoms with Crippen LogP contribution < -0.4 is 5.73 Å². The van der Waals surface area contributed by atoms with Crippen LogP contribution in [-0.4, -0.2) is 24.0 Å². The van der Waals surface area contributed by atoms with Gasteiger partial charge in [-0.15, -0.1) is 0 Å². The van der Waals surface area contributed by atoms with Crippen LogP contribution in [0, 0.1) is 0 Å². The number of nitrogens with zero attached hydrogens (tertiary/aromatic N) is 1. The van der Waals surface area contributed by atoms with Gasteiger partial charge in [-0.25, -0.2) is 0 Å². The van der Waals surface area contributed by atoms with E-state index < -0.39 is 0 Å². The first-order valence-electron chi connectivity index (χ1n) is 5.30. The molecule has 1 heterocycles. The molecule has 1 aliphatic heterocycles. The first kappa shape index (κ1) is 9.69. The number of rotatable bonds is 2. The molecule has 0 amide bonds. The lowest BCUT2D eigenvalue weighted by atomic mass is 10.00. The molecule has 0 radical (unpaired) electrons. The highest BCUT2D eigenvalue weighted by atomic mass is 15.1. The maximum Gasteiger partial charge on any atom is 0.0237 e. The monoisotopic (exact) mass is 190 g/mol. The molecule has 2 nitrogen and oxygen atoms in total. The highest BCUT2D eigenvalue weighted by Gasteiger charge is 2.15. The summed E-state index contributed by atoms with van der Waals surface area (Å²) in [6.07, 6.45) is 1.17. The lowest BCUT2D eigenvalue weighted by Gasteiger charge is -2.29. The zero-order valence-corrected chi connectivity index (χ0v) is 8.74. The lowest BCUT2D eigenvalue weighted by molar-refractivity contribution is 0.242. The maximum absolute atomic E-state index is 5.80. The van der Waals surface area contributed by atoms with E-state index in [1.807, 2.05) is 0 Å². The van der Waals surface area contributed by atoms with Crippen LogP contribution in [0.5, 0.6) is 0 Å². The van der Waals surface area contributed by atoms with Gasteiger partial charge < -0.3 is 5.73 Å². The maximum atomic E-state index is 5.80. The molecule has 0 saturated carbocycles. The molecule has 0 aliphatic carbocycles. The second kappa shape index (κ2) is 4.11. The van der Waals surface area contributed by atoms with Crippen molar-refractivity contribution in [2.75, 3.05) is 13.1 Å². The normalized spacial score (nSPS) is 19.0. The number of hydrogen-bond donors (Lipinski definition) is 1. The van der Waals surface area contributed by atoms with Crippen LogP contribution in [0.15, 0.2) is 24.3 Å². The lowest BCUT2D eigenvalue weighted by Crippen LogP contribution is -2.38. The SMILES string of the molecule is C[C@H](N)CN1CCc2ccccc2C1. The summed E-state index contributed by atoms with van der Waals surface area (Å²) < 4.78 is 0. The minimum absolute atomic E-state index is 0.278. The van der Waals surface area contributed by atoms with Crippen LogP contribution in [0.3, 0.4) is 0 Å². The van der Waals surface area contributed by atoms with Crippen molar-refractivity contribution in [1.29, 1.82) is 0 Å². The molecular formula is C12H18N2. The molecule has 1 aliphatic rings. The minimum Gasteiger partial charge on any atom is -0.327 e. The Morgan fingerprint density at radius 1 is 1.36 bits per heavy atom. The van der Waals surface area contributed by atoms with Gasteiger partial charge in [-0.3, -0.25) is 4.90 Å². The molecule has 1 aromatic rings. The van der Waals surface area contributed by atoms with Crippen molar-refractivity contribution < 1.29 is 0 Å². The van der Waals surface area contributed by atoms with Gasteiger partial charge in [-0.2, -0.15) is 0 Å². The summed E-state index contributed by atoms with van der Waals surface area (Å²) in [5, 5.41) is 0. The highest BCUT2D eigenvalue weighted by Crippen LogP contribution is 2.17. The van der Waals surface area contributed by atoms with E-state index in [1.165, 1.54) is 17.5 Å². The van der Waals surface area contributed by atoms with E-state index in [2.05, 4.69) is 36.1 Å². The first-order valence-corrected chi connectivity index (χ1v) is 5.30. The van der Waals surface area contributed by atoms with Crippen molar-refractivity contribution in [3.63, 3.8) is 0 Å². The van der Waals surface area contributed by atoms with Crippen LogP contribution >= 0.6 is 0 Å². The predicted octanol–water partition coefficient (Wildman–Crippen LogP) is 1.39. The van der Waals surface area contributed by atoms with E-state index in [1.54, 1.807) is 0 Å². The summed E-state index contributed by atoms with van der Waals surface area (Å²) in [5.41, 5.74) is 8.78. The van der Waals surface area contributed by atoms with Gasteiger partial charge >= 0.3 is 0 Å². The Balaban J connectivity index is 2.06. The zero-order chi connectivity index (χ0) is 9.97. The van der Waals surface area contributed by atoms with Crippen LogP contribution in [0.4, 0.5) is 0 Å². The Labute approximate surface area is 85.7 Å². The van der Waals surface area contributed by atoms with Gasteiger partial charge in [0.05, 0.1) is 0 Å². The molecule has 1 atom stereocenters. The molecule has 0 aromatic heterocycles. The molecule has 0 spiro atoms. The fourth-order valence-electron chi connectivity index (χ4n) is 2.12. The number of hydrogen-bond acceptors (Lipinski definition) is 2. The standard InChI is InChI=1S/C12H18N2/c1-10(13)8-14-7-6-11-4-2-3-5-12(11)9-14/h2-5,10H,6-9,13H2,1H3/t10-/m0/s1. The van der Waals surface area contributed by atoms with Crippen LogP contribution in [-0.2, 0) is 13.0 Å². The molecular weight excluding hydrogens is 172 g/mol. The quantitative estimate of drug-likeness (QED) is 0.763. The predicted molar refractivity (Wildman–Crippen MR) is 59.1 cm³/mol. The van der Waals surface area contributed by atoms with Gasteiger partial charge in [-0.05, 0) is 24.5 Å². The third kappa shape index (κ3) is 2.14. The third-order valence-electron chi connectivity index (χ3n) is 2.76. The second-order valence-electron chi connectivity index (χ2n) is 4.23. The Kier molecular flexibility index (Phi) is 2.85. The van der Waals surface area contributed by atoms with Crippen LogP contribution in [0.25, 0.3) is 0 Å². The number of fused-ring (bicyclic) bond motifs is 1. The van der Waals surface area contributed by atoms with E-state index in [4.69, 9.17) is 5.73 Å². The molecule has 1 aromatic carbocycles. The Morgan fingerprint density at radius 3 is 2.79 bits per heavy atom. The van der Waals surface area contributed by atoms with Gasteiger partial charge in [0.25, 0.3) is 0 Å². The molecule has 2 rings (SSSR count).